The Morgan fingerprint density at radius 3 is 2.69 bits per heavy atom. The standard InChI is InChI=1S/C11H14O2/c1-3-9(2)13-11-8-6-4-5-7-10(11)12/h4-9H,3H2,1-2H3. The van der Waals surface area contributed by atoms with Gasteiger partial charge in [-0.3, -0.25) is 4.79 Å². The van der Waals surface area contributed by atoms with Crippen LogP contribution in [0.15, 0.2) is 35.1 Å². The molecule has 0 saturated heterocycles. The normalized spacial score (nSPS) is 12.2. The Balaban J connectivity index is 2.90. The van der Waals surface area contributed by atoms with Crippen molar-refractivity contribution in [3.63, 3.8) is 0 Å². The maximum Gasteiger partial charge on any atom is 0.220 e. The predicted molar refractivity (Wildman–Crippen MR) is 53.1 cm³/mol. The minimum atomic E-state index is -0.0645. The average molecular weight is 178 g/mol. The van der Waals surface area contributed by atoms with Crippen molar-refractivity contribution in [1.29, 1.82) is 0 Å². The molecular weight excluding hydrogens is 164 g/mol. The first-order valence-corrected chi connectivity index (χ1v) is 4.50. The Kier molecular flexibility index (Phi) is 3.50. The van der Waals surface area contributed by atoms with Gasteiger partial charge in [-0.2, -0.15) is 0 Å². The van der Waals surface area contributed by atoms with Crippen LogP contribution in [0.2, 0.25) is 0 Å². The van der Waals surface area contributed by atoms with Crippen molar-refractivity contribution in [3.05, 3.63) is 40.6 Å². The molecule has 70 valence electrons. The largest absolute Gasteiger partial charge is 0.487 e. The second-order valence-corrected chi connectivity index (χ2v) is 2.98. The van der Waals surface area contributed by atoms with Crippen LogP contribution in [0.25, 0.3) is 0 Å². The fourth-order valence-corrected chi connectivity index (χ4v) is 0.912. The topological polar surface area (TPSA) is 26.3 Å². The SMILES string of the molecule is CCC(C)Oc1cccccc1=O. The first kappa shape index (κ1) is 9.78. The van der Waals surface area contributed by atoms with Crippen molar-refractivity contribution in [2.75, 3.05) is 0 Å². The van der Waals surface area contributed by atoms with Gasteiger partial charge in [-0.05, 0) is 25.5 Å². The van der Waals surface area contributed by atoms with E-state index < -0.39 is 0 Å². The van der Waals surface area contributed by atoms with E-state index in [1.54, 1.807) is 18.2 Å². The molecule has 0 spiro atoms. The fraction of sp³-hybridized carbons (Fsp3) is 0.364. The molecule has 0 amide bonds. The molecule has 0 aliphatic rings. The van der Waals surface area contributed by atoms with Crippen LogP contribution < -0.4 is 10.2 Å². The lowest BCUT2D eigenvalue weighted by Crippen LogP contribution is -2.14. The van der Waals surface area contributed by atoms with Crippen LogP contribution in [0, 0.1) is 0 Å². The van der Waals surface area contributed by atoms with Gasteiger partial charge in [0.2, 0.25) is 5.43 Å². The van der Waals surface area contributed by atoms with Gasteiger partial charge in [0, 0.05) is 0 Å². The highest BCUT2D eigenvalue weighted by Crippen LogP contribution is 2.05. The van der Waals surface area contributed by atoms with E-state index in [1.165, 1.54) is 6.07 Å². The highest BCUT2D eigenvalue weighted by Gasteiger charge is 2.02. The van der Waals surface area contributed by atoms with E-state index in [1.807, 2.05) is 19.9 Å². The molecule has 0 bridgehead atoms. The van der Waals surface area contributed by atoms with E-state index in [4.69, 9.17) is 4.74 Å². The molecule has 0 saturated carbocycles. The Morgan fingerprint density at radius 2 is 2.00 bits per heavy atom. The molecule has 1 unspecified atom stereocenters. The van der Waals surface area contributed by atoms with Gasteiger partial charge in [0.05, 0.1) is 6.10 Å². The lowest BCUT2D eigenvalue weighted by Gasteiger charge is -2.09. The van der Waals surface area contributed by atoms with Gasteiger partial charge in [-0.1, -0.05) is 25.1 Å². The molecule has 1 atom stereocenters. The number of hydrogen-bond donors (Lipinski definition) is 0. The molecule has 1 aromatic rings. The smallest absolute Gasteiger partial charge is 0.220 e. The van der Waals surface area contributed by atoms with Gasteiger partial charge in [0.25, 0.3) is 0 Å². The molecule has 0 N–H and O–H groups in total. The maximum atomic E-state index is 11.3. The zero-order chi connectivity index (χ0) is 9.68. The number of hydrogen-bond acceptors (Lipinski definition) is 2. The summed E-state index contributed by atoms with van der Waals surface area (Å²) in [6, 6.07) is 8.54. The highest BCUT2D eigenvalue weighted by atomic mass is 16.5. The van der Waals surface area contributed by atoms with Crippen LogP contribution in [0.5, 0.6) is 5.75 Å². The quantitative estimate of drug-likeness (QED) is 0.709. The third-order valence-electron chi connectivity index (χ3n) is 1.86. The summed E-state index contributed by atoms with van der Waals surface area (Å²) in [6.45, 7) is 3.98. The lowest BCUT2D eigenvalue weighted by atomic mass is 10.3. The summed E-state index contributed by atoms with van der Waals surface area (Å²) < 4.78 is 5.44. The molecule has 13 heavy (non-hydrogen) atoms. The number of ether oxygens (including phenoxy) is 1. The van der Waals surface area contributed by atoms with Crippen molar-refractivity contribution < 1.29 is 4.74 Å². The van der Waals surface area contributed by atoms with Gasteiger partial charge in [0.15, 0.2) is 5.75 Å². The Morgan fingerprint density at radius 1 is 1.31 bits per heavy atom. The summed E-state index contributed by atoms with van der Waals surface area (Å²) in [7, 11) is 0. The third kappa shape index (κ3) is 2.90. The summed E-state index contributed by atoms with van der Waals surface area (Å²) in [6.07, 6.45) is 0.994. The van der Waals surface area contributed by atoms with Gasteiger partial charge in [0.1, 0.15) is 0 Å². The van der Waals surface area contributed by atoms with Crippen LogP contribution in [-0.4, -0.2) is 6.10 Å². The summed E-state index contributed by atoms with van der Waals surface area (Å²) in [5.74, 6) is 0.430. The van der Waals surface area contributed by atoms with Crippen LogP contribution in [0.1, 0.15) is 20.3 Å². The van der Waals surface area contributed by atoms with Crippen LogP contribution in [0.3, 0.4) is 0 Å². The summed E-state index contributed by atoms with van der Waals surface area (Å²) in [5, 5.41) is 0. The Bertz CT molecular complexity index is 320. The minimum absolute atomic E-state index is 0.0645. The highest BCUT2D eigenvalue weighted by molar-refractivity contribution is 5.20. The van der Waals surface area contributed by atoms with Gasteiger partial charge in [-0.25, -0.2) is 0 Å². The Labute approximate surface area is 78.2 Å². The fourth-order valence-electron chi connectivity index (χ4n) is 0.912. The molecule has 2 nitrogen and oxygen atoms in total. The van der Waals surface area contributed by atoms with Crippen molar-refractivity contribution in [2.24, 2.45) is 0 Å². The zero-order valence-corrected chi connectivity index (χ0v) is 7.99. The summed E-state index contributed by atoms with van der Waals surface area (Å²) >= 11 is 0. The molecular formula is C11H14O2. The van der Waals surface area contributed by atoms with Crippen molar-refractivity contribution in [1.82, 2.24) is 0 Å². The molecule has 0 aromatic heterocycles. The van der Waals surface area contributed by atoms with Gasteiger partial charge >= 0.3 is 0 Å². The molecule has 0 heterocycles. The van der Waals surface area contributed by atoms with Crippen LogP contribution in [-0.2, 0) is 0 Å². The third-order valence-corrected chi connectivity index (χ3v) is 1.86. The van der Waals surface area contributed by atoms with E-state index in [-0.39, 0.29) is 11.5 Å². The molecule has 2 heteroatoms. The lowest BCUT2D eigenvalue weighted by molar-refractivity contribution is 0.215. The average Bonchev–Trinajstić information content (AvgIpc) is 2.32. The summed E-state index contributed by atoms with van der Waals surface area (Å²) in [4.78, 5) is 11.3. The minimum Gasteiger partial charge on any atom is -0.487 e. The van der Waals surface area contributed by atoms with Crippen LogP contribution >= 0.6 is 0 Å². The first-order chi connectivity index (χ1) is 6.24. The van der Waals surface area contributed by atoms with E-state index in [2.05, 4.69) is 0 Å². The van der Waals surface area contributed by atoms with Gasteiger partial charge < -0.3 is 4.74 Å². The van der Waals surface area contributed by atoms with E-state index >= 15 is 0 Å². The van der Waals surface area contributed by atoms with Crippen molar-refractivity contribution in [3.8, 4) is 5.75 Å². The second-order valence-electron chi connectivity index (χ2n) is 2.98. The predicted octanol–water partition coefficient (Wildman–Crippen LogP) is 2.22. The first-order valence-electron chi connectivity index (χ1n) is 4.50. The molecule has 0 fully saturated rings. The maximum absolute atomic E-state index is 11.3. The van der Waals surface area contributed by atoms with E-state index in [9.17, 15) is 4.79 Å². The summed E-state index contributed by atoms with van der Waals surface area (Å²) in [5.41, 5.74) is -0.0645. The second kappa shape index (κ2) is 4.65. The van der Waals surface area contributed by atoms with Gasteiger partial charge in [-0.15, -0.1) is 0 Å². The molecule has 0 aliphatic carbocycles. The molecule has 1 rings (SSSR count). The van der Waals surface area contributed by atoms with E-state index in [0.717, 1.165) is 6.42 Å². The van der Waals surface area contributed by atoms with E-state index in [0.29, 0.717) is 5.75 Å². The zero-order valence-electron chi connectivity index (χ0n) is 7.99. The van der Waals surface area contributed by atoms with Crippen LogP contribution in [0.4, 0.5) is 0 Å². The molecule has 0 radical (unpaired) electrons. The number of rotatable bonds is 3. The molecule has 1 aromatic carbocycles. The Hall–Kier alpha value is -1.31. The van der Waals surface area contributed by atoms with Crippen molar-refractivity contribution in [2.45, 2.75) is 26.4 Å². The monoisotopic (exact) mass is 178 g/mol. The molecule has 0 aliphatic heterocycles. The van der Waals surface area contributed by atoms with Crippen molar-refractivity contribution >= 4 is 0 Å².